The van der Waals surface area contributed by atoms with Crippen LogP contribution in [0.3, 0.4) is 0 Å². The number of unbranched alkanes of at least 4 members (excludes halogenated alkanes) is 1. The molecule has 0 bridgehead atoms. The van der Waals surface area contributed by atoms with Crippen molar-refractivity contribution in [2.45, 2.75) is 38.3 Å². The molecule has 24 heavy (non-hydrogen) atoms. The second kappa shape index (κ2) is 7.49. The molecule has 0 aliphatic heterocycles. The zero-order valence-corrected chi connectivity index (χ0v) is 13.6. The van der Waals surface area contributed by atoms with Crippen LogP contribution in [0.4, 0.5) is 4.79 Å². The third kappa shape index (κ3) is 3.94. The first-order valence-electron chi connectivity index (χ1n) is 8.45. The van der Waals surface area contributed by atoms with Crippen molar-refractivity contribution in [3.63, 3.8) is 0 Å². The van der Waals surface area contributed by atoms with E-state index in [2.05, 4.69) is 10.3 Å². The number of benzene rings is 1. The number of para-hydroxylation sites is 1. The van der Waals surface area contributed by atoms with E-state index in [1.807, 2.05) is 29.2 Å². The van der Waals surface area contributed by atoms with Gasteiger partial charge in [0.05, 0.1) is 0 Å². The molecule has 1 aliphatic carbocycles. The van der Waals surface area contributed by atoms with Crippen LogP contribution in [0.25, 0.3) is 10.9 Å². The summed E-state index contributed by atoms with van der Waals surface area (Å²) in [5, 5.41) is 12.8. The fraction of sp³-hybridized carbons (Fsp3) is 0.444. The quantitative estimate of drug-likeness (QED) is 0.679. The van der Waals surface area contributed by atoms with E-state index in [9.17, 15) is 9.59 Å². The van der Waals surface area contributed by atoms with Gasteiger partial charge in [0.2, 0.25) is 5.56 Å². The molecule has 0 radical (unpaired) electrons. The smallest absolute Gasteiger partial charge is 0.317 e. The number of nitrogens with one attached hydrogen (secondary N) is 2. The Balaban J connectivity index is 1.68. The summed E-state index contributed by atoms with van der Waals surface area (Å²) in [4.78, 5) is 28.9. The molecule has 1 saturated carbocycles. The van der Waals surface area contributed by atoms with E-state index in [1.54, 1.807) is 0 Å². The maximum Gasteiger partial charge on any atom is 0.317 e. The number of amides is 2. The molecule has 1 aliphatic rings. The van der Waals surface area contributed by atoms with Crippen LogP contribution in [-0.4, -0.2) is 40.2 Å². The van der Waals surface area contributed by atoms with E-state index in [-0.39, 0.29) is 18.2 Å². The number of hydrogen-bond acceptors (Lipinski definition) is 3. The number of nitrogens with zero attached hydrogens (tertiary/aromatic N) is 1. The number of hydrogen-bond donors (Lipinski definition) is 3. The van der Waals surface area contributed by atoms with Gasteiger partial charge < -0.3 is 20.3 Å². The van der Waals surface area contributed by atoms with Crippen LogP contribution in [0, 0.1) is 0 Å². The molecular formula is C18H23N3O3. The Bertz CT molecular complexity index is 767. The van der Waals surface area contributed by atoms with Crippen LogP contribution >= 0.6 is 0 Å². The molecule has 1 fully saturated rings. The van der Waals surface area contributed by atoms with Gasteiger partial charge in [-0.1, -0.05) is 18.2 Å². The van der Waals surface area contributed by atoms with E-state index in [4.69, 9.17) is 5.11 Å². The first-order valence-corrected chi connectivity index (χ1v) is 8.45. The van der Waals surface area contributed by atoms with Crippen molar-refractivity contribution in [1.29, 1.82) is 0 Å². The summed E-state index contributed by atoms with van der Waals surface area (Å²) < 4.78 is 0. The minimum atomic E-state index is -0.167. The predicted octanol–water partition coefficient (Wildman–Crippen LogP) is 1.97. The third-order valence-corrected chi connectivity index (χ3v) is 4.32. The van der Waals surface area contributed by atoms with Gasteiger partial charge >= 0.3 is 6.03 Å². The van der Waals surface area contributed by atoms with Crippen molar-refractivity contribution in [2.75, 3.05) is 13.2 Å². The number of fused-ring (bicyclic) bond motifs is 1. The van der Waals surface area contributed by atoms with Gasteiger partial charge in [0.25, 0.3) is 0 Å². The number of carbonyl (C=O) groups excluding carboxylic acids is 1. The molecule has 3 rings (SSSR count). The van der Waals surface area contributed by atoms with Crippen molar-refractivity contribution in [1.82, 2.24) is 15.2 Å². The minimum Gasteiger partial charge on any atom is -0.396 e. The number of aliphatic hydroxyl groups excluding tert-OH is 1. The lowest BCUT2D eigenvalue weighted by Gasteiger charge is -2.23. The maximum absolute atomic E-state index is 12.5. The molecule has 2 aromatic rings. The number of carbonyl (C=O) groups is 1. The molecule has 6 heteroatoms. The summed E-state index contributed by atoms with van der Waals surface area (Å²) in [5.41, 5.74) is 1.42. The molecule has 0 spiro atoms. The molecule has 6 nitrogen and oxygen atoms in total. The topological polar surface area (TPSA) is 85.4 Å². The lowest BCUT2D eigenvalue weighted by atomic mass is 10.1. The monoisotopic (exact) mass is 329 g/mol. The summed E-state index contributed by atoms with van der Waals surface area (Å²) in [6.45, 7) is 1.14. The number of aromatic amines is 1. The molecule has 1 heterocycles. The number of rotatable bonds is 7. The van der Waals surface area contributed by atoms with Crippen LogP contribution in [0.15, 0.2) is 35.1 Å². The van der Waals surface area contributed by atoms with E-state index >= 15 is 0 Å². The van der Waals surface area contributed by atoms with Gasteiger partial charge in [0.1, 0.15) is 0 Å². The lowest BCUT2D eigenvalue weighted by Crippen LogP contribution is -2.41. The largest absolute Gasteiger partial charge is 0.396 e. The van der Waals surface area contributed by atoms with Crippen molar-refractivity contribution in [3.8, 4) is 0 Å². The van der Waals surface area contributed by atoms with E-state index in [0.29, 0.717) is 25.6 Å². The summed E-state index contributed by atoms with van der Waals surface area (Å²) in [6, 6.07) is 9.34. The Labute approximate surface area is 140 Å². The fourth-order valence-corrected chi connectivity index (χ4v) is 2.93. The molecular weight excluding hydrogens is 306 g/mol. The van der Waals surface area contributed by atoms with Gasteiger partial charge in [-0.3, -0.25) is 4.79 Å². The highest BCUT2D eigenvalue weighted by atomic mass is 16.3. The minimum absolute atomic E-state index is 0.0974. The van der Waals surface area contributed by atoms with Crippen LogP contribution < -0.4 is 10.9 Å². The maximum atomic E-state index is 12.5. The number of H-pyrrole nitrogens is 1. The van der Waals surface area contributed by atoms with E-state index in [0.717, 1.165) is 35.7 Å². The average molecular weight is 329 g/mol. The zero-order valence-electron chi connectivity index (χ0n) is 13.6. The van der Waals surface area contributed by atoms with Crippen LogP contribution in [0.5, 0.6) is 0 Å². The summed E-state index contributed by atoms with van der Waals surface area (Å²) in [5.74, 6) is 0. The number of aliphatic hydroxyl groups is 1. The van der Waals surface area contributed by atoms with Crippen molar-refractivity contribution >= 4 is 16.9 Å². The van der Waals surface area contributed by atoms with E-state index in [1.165, 1.54) is 6.07 Å². The summed E-state index contributed by atoms with van der Waals surface area (Å²) in [6.07, 6.45) is 3.59. The standard InChI is InChI=1S/C18H23N3O3/c22-10-4-3-9-21(14-7-8-14)18(24)19-12-13-11-17(23)20-16-6-2-1-5-15(13)16/h1-2,5-6,11,14,22H,3-4,7-10,12H2,(H,19,24)(H,20,23). The third-order valence-electron chi connectivity index (χ3n) is 4.32. The Kier molecular flexibility index (Phi) is 5.15. The van der Waals surface area contributed by atoms with Gasteiger partial charge in [-0.15, -0.1) is 0 Å². The Morgan fingerprint density at radius 3 is 2.83 bits per heavy atom. The Morgan fingerprint density at radius 1 is 1.29 bits per heavy atom. The SMILES string of the molecule is O=C(NCc1cc(=O)[nH]c2ccccc12)N(CCCCO)C1CC1. The predicted molar refractivity (Wildman–Crippen MR) is 92.9 cm³/mol. The van der Waals surface area contributed by atoms with Crippen molar-refractivity contribution in [2.24, 2.45) is 0 Å². The van der Waals surface area contributed by atoms with Gasteiger partial charge in [0, 0.05) is 42.7 Å². The summed E-state index contributed by atoms with van der Waals surface area (Å²) >= 11 is 0. The van der Waals surface area contributed by atoms with Gasteiger partial charge in [-0.25, -0.2) is 4.79 Å². The fourth-order valence-electron chi connectivity index (χ4n) is 2.93. The van der Waals surface area contributed by atoms with Crippen LogP contribution in [-0.2, 0) is 6.54 Å². The lowest BCUT2D eigenvalue weighted by molar-refractivity contribution is 0.190. The van der Waals surface area contributed by atoms with Gasteiger partial charge in [-0.2, -0.15) is 0 Å². The average Bonchev–Trinajstić information content (AvgIpc) is 3.41. The highest BCUT2D eigenvalue weighted by Gasteiger charge is 2.31. The second-order valence-corrected chi connectivity index (χ2v) is 6.22. The Morgan fingerprint density at radius 2 is 2.08 bits per heavy atom. The zero-order chi connectivity index (χ0) is 16.9. The molecule has 0 saturated heterocycles. The van der Waals surface area contributed by atoms with E-state index < -0.39 is 0 Å². The number of urea groups is 1. The van der Waals surface area contributed by atoms with Crippen molar-refractivity contribution in [3.05, 3.63) is 46.2 Å². The van der Waals surface area contributed by atoms with Crippen LogP contribution in [0.1, 0.15) is 31.2 Å². The second-order valence-electron chi connectivity index (χ2n) is 6.22. The molecule has 2 amide bonds. The number of aromatic nitrogens is 1. The van der Waals surface area contributed by atoms with Gasteiger partial charge in [-0.05, 0) is 37.3 Å². The normalized spacial score (nSPS) is 13.9. The first-order chi connectivity index (χ1) is 11.7. The first kappa shape index (κ1) is 16.5. The molecule has 1 aromatic heterocycles. The van der Waals surface area contributed by atoms with Crippen LogP contribution in [0.2, 0.25) is 0 Å². The highest BCUT2D eigenvalue weighted by molar-refractivity contribution is 5.82. The molecule has 1 aromatic carbocycles. The molecule has 128 valence electrons. The van der Waals surface area contributed by atoms with Crippen molar-refractivity contribution < 1.29 is 9.90 Å². The van der Waals surface area contributed by atoms with Gasteiger partial charge in [0.15, 0.2) is 0 Å². The molecule has 0 atom stereocenters. The number of pyridine rings is 1. The highest BCUT2D eigenvalue weighted by Crippen LogP contribution is 2.27. The Hall–Kier alpha value is -2.34. The molecule has 3 N–H and O–H groups in total. The summed E-state index contributed by atoms with van der Waals surface area (Å²) in [7, 11) is 0. The molecule has 0 unspecified atom stereocenters.